The van der Waals surface area contributed by atoms with E-state index in [0.29, 0.717) is 6.42 Å². The van der Waals surface area contributed by atoms with Gasteiger partial charge in [0, 0.05) is 6.04 Å². The fraction of sp³-hybridized carbons (Fsp3) is 0.364. The van der Waals surface area contributed by atoms with E-state index >= 15 is 0 Å². The molecule has 5 nitrogen and oxygen atoms in total. The Hall–Kier alpha value is -1.49. The first-order valence-corrected chi connectivity index (χ1v) is 6.75. The number of aliphatic hydroxyl groups is 1. The molecule has 0 aromatic heterocycles. The molecule has 0 spiro atoms. The maximum atomic E-state index is 13.1. The van der Waals surface area contributed by atoms with Crippen LogP contribution in [0.1, 0.15) is 18.9 Å². The average molecular weight is 272 g/mol. The van der Waals surface area contributed by atoms with Crippen LogP contribution in [-0.4, -0.2) is 26.2 Å². The van der Waals surface area contributed by atoms with Gasteiger partial charge in [0.05, 0.1) is 17.1 Å². The first-order valence-electron chi connectivity index (χ1n) is 5.27. The Morgan fingerprint density at radius 3 is 2.72 bits per heavy atom. The quantitative estimate of drug-likeness (QED) is 0.827. The van der Waals surface area contributed by atoms with Gasteiger partial charge in [-0.2, -0.15) is 5.26 Å². The van der Waals surface area contributed by atoms with Crippen LogP contribution in [0.3, 0.4) is 0 Å². The van der Waals surface area contributed by atoms with Gasteiger partial charge in [0.2, 0.25) is 10.0 Å². The van der Waals surface area contributed by atoms with E-state index in [-0.39, 0.29) is 17.1 Å². The van der Waals surface area contributed by atoms with Gasteiger partial charge in [-0.05, 0) is 24.6 Å². The normalized spacial score (nSPS) is 13.0. The van der Waals surface area contributed by atoms with Crippen LogP contribution in [0.2, 0.25) is 0 Å². The van der Waals surface area contributed by atoms with Crippen LogP contribution >= 0.6 is 0 Å². The lowest BCUT2D eigenvalue weighted by molar-refractivity contribution is 0.254. The molecule has 1 atom stereocenters. The van der Waals surface area contributed by atoms with Gasteiger partial charge in [-0.1, -0.05) is 6.92 Å². The molecule has 0 aliphatic rings. The molecular formula is C11H13FN2O3S. The summed E-state index contributed by atoms with van der Waals surface area (Å²) in [4.78, 5) is -0.202. The monoisotopic (exact) mass is 272 g/mol. The van der Waals surface area contributed by atoms with Crippen molar-refractivity contribution in [1.82, 2.24) is 4.72 Å². The van der Waals surface area contributed by atoms with Crippen LogP contribution < -0.4 is 4.72 Å². The number of hydrogen-bond acceptors (Lipinski definition) is 4. The average Bonchev–Trinajstić information content (AvgIpc) is 2.36. The number of sulfonamides is 1. The Morgan fingerprint density at radius 1 is 1.56 bits per heavy atom. The van der Waals surface area contributed by atoms with Crippen molar-refractivity contribution < 1.29 is 17.9 Å². The molecule has 1 aromatic carbocycles. The second kappa shape index (κ2) is 5.91. The summed E-state index contributed by atoms with van der Waals surface area (Å²) >= 11 is 0. The van der Waals surface area contributed by atoms with Crippen LogP contribution in [0.4, 0.5) is 4.39 Å². The Balaban J connectivity index is 3.10. The third kappa shape index (κ3) is 3.26. The lowest BCUT2D eigenvalue weighted by Gasteiger charge is -2.14. The van der Waals surface area contributed by atoms with E-state index in [2.05, 4.69) is 4.72 Å². The summed E-state index contributed by atoms with van der Waals surface area (Å²) in [6, 6.07) is 3.92. The molecule has 7 heteroatoms. The molecule has 1 rings (SSSR count). The standard InChI is InChI=1S/C11H13FN2O3S/c1-2-9(7-15)14-18(16,17)10-3-4-11(12)8(5-10)6-13/h3-5,9,14-15H,2,7H2,1H3. The molecule has 0 radical (unpaired) electrons. The van der Waals surface area contributed by atoms with Gasteiger partial charge in [0.1, 0.15) is 11.9 Å². The molecule has 0 bridgehead atoms. The van der Waals surface area contributed by atoms with Crippen LogP contribution in [0.5, 0.6) is 0 Å². The van der Waals surface area contributed by atoms with E-state index in [1.54, 1.807) is 13.0 Å². The van der Waals surface area contributed by atoms with E-state index in [0.717, 1.165) is 18.2 Å². The second-order valence-corrected chi connectivity index (χ2v) is 5.38. The van der Waals surface area contributed by atoms with Gasteiger partial charge in [-0.25, -0.2) is 17.5 Å². The van der Waals surface area contributed by atoms with Gasteiger partial charge in [0.15, 0.2) is 0 Å². The van der Waals surface area contributed by atoms with E-state index < -0.39 is 21.9 Å². The summed E-state index contributed by atoms with van der Waals surface area (Å²) in [6.45, 7) is 1.39. The highest BCUT2D eigenvalue weighted by Gasteiger charge is 2.19. The van der Waals surface area contributed by atoms with Crippen molar-refractivity contribution >= 4 is 10.0 Å². The molecule has 0 aliphatic heterocycles. The largest absolute Gasteiger partial charge is 0.395 e. The molecule has 0 heterocycles. The lowest BCUT2D eigenvalue weighted by atomic mass is 10.2. The summed E-state index contributed by atoms with van der Waals surface area (Å²) in [6.07, 6.45) is 0.419. The van der Waals surface area contributed by atoms with Crippen LogP contribution in [0.15, 0.2) is 23.1 Å². The fourth-order valence-electron chi connectivity index (χ4n) is 1.29. The maximum absolute atomic E-state index is 13.1. The van der Waals surface area contributed by atoms with Gasteiger partial charge < -0.3 is 5.11 Å². The Morgan fingerprint density at radius 2 is 2.22 bits per heavy atom. The highest BCUT2D eigenvalue weighted by atomic mass is 32.2. The van der Waals surface area contributed by atoms with Crippen molar-refractivity contribution in [2.75, 3.05) is 6.61 Å². The third-order valence-electron chi connectivity index (χ3n) is 2.40. The first kappa shape index (κ1) is 14.6. The summed E-state index contributed by atoms with van der Waals surface area (Å²) in [5.41, 5.74) is -0.338. The number of hydrogen-bond donors (Lipinski definition) is 2. The Bertz CT molecular complexity index is 562. The predicted octanol–water partition coefficient (Wildman–Crippen LogP) is 0.747. The van der Waals surface area contributed by atoms with E-state index in [4.69, 9.17) is 10.4 Å². The number of nitrogens with one attached hydrogen (secondary N) is 1. The summed E-state index contributed by atoms with van der Waals surface area (Å²) in [7, 11) is -3.86. The number of nitriles is 1. The number of benzene rings is 1. The summed E-state index contributed by atoms with van der Waals surface area (Å²) in [5, 5.41) is 17.6. The number of nitrogens with zero attached hydrogens (tertiary/aromatic N) is 1. The Kier molecular flexibility index (Phi) is 4.78. The Labute approximate surface area is 105 Å². The molecule has 2 N–H and O–H groups in total. The number of halogens is 1. The van der Waals surface area contributed by atoms with Crippen LogP contribution in [-0.2, 0) is 10.0 Å². The van der Waals surface area contributed by atoms with E-state index in [9.17, 15) is 12.8 Å². The molecule has 0 saturated carbocycles. The first-order chi connectivity index (χ1) is 8.44. The smallest absolute Gasteiger partial charge is 0.240 e. The van der Waals surface area contributed by atoms with Gasteiger partial charge in [0.25, 0.3) is 0 Å². The lowest BCUT2D eigenvalue weighted by Crippen LogP contribution is -2.36. The van der Waals surface area contributed by atoms with Gasteiger partial charge in [-0.15, -0.1) is 0 Å². The highest BCUT2D eigenvalue weighted by Crippen LogP contribution is 2.15. The predicted molar refractivity (Wildman–Crippen MR) is 62.6 cm³/mol. The second-order valence-electron chi connectivity index (χ2n) is 3.66. The van der Waals surface area contributed by atoms with Crippen LogP contribution in [0.25, 0.3) is 0 Å². The van der Waals surface area contributed by atoms with Crippen molar-refractivity contribution in [2.24, 2.45) is 0 Å². The molecule has 0 aliphatic carbocycles. The molecule has 0 fully saturated rings. The van der Waals surface area contributed by atoms with Gasteiger partial charge >= 0.3 is 0 Å². The summed E-state index contributed by atoms with van der Waals surface area (Å²) in [5.74, 6) is -0.773. The topological polar surface area (TPSA) is 90.2 Å². The molecule has 1 unspecified atom stereocenters. The van der Waals surface area contributed by atoms with Crippen molar-refractivity contribution in [2.45, 2.75) is 24.3 Å². The van der Waals surface area contributed by atoms with Gasteiger partial charge in [-0.3, -0.25) is 0 Å². The van der Waals surface area contributed by atoms with Crippen molar-refractivity contribution in [3.05, 3.63) is 29.6 Å². The minimum absolute atomic E-state index is 0.202. The van der Waals surface area contributed by atoms with E-state index in [1.807, 2.05) is 0 Å². The molecule has 18 heavy (non-hydrogen) atoms. The van der Waals surface area contributed by atoms with Crippen molar-refractivity contribution in [3.8, 4) is 6.07 Å². The fourth-order valence-corrected chi connectivity index (χ4v) is 2.63. The minimum atomic E-state index is -3.86. The SMILES string of the molecule is CCC(CO)NS(=O)(=O)c1ccc(F)c(C#N)c1. The van der Waals surface area contributed by atoms with Crippen LogP contribution in [0, 0.1) is 17.1 Å². The molecular weight excluding hydrogens is 259 g/mol. The zero-order chi connectivity index (χ0) is 13.8. The summed E-state index contributed by atoms with van der Waals surface area (Å²) < 4.78 is 39.1. The highest BCUT2D eigenvalue weighted by molar-refractivity contribution is 7.89. The molecule has 98 valence electrons. The minimum Gasteiger partial charge on any atom is -0.395 e. The zero-order valence-electron chi connectivity index (χ0n) is 9.72. The van der Waals surface area contributed by atoms with E-state index in [1.165, 1.54) is 0 Å². The number of rotatable bonds is 5. The molecule has 1 aromatic rings. The zero-order valence-corrected chi connectivity index (χ0v) is 10.5. The maximum Gasteiger partial charge on any atom is 0.240 e. The third-order valence-corrected chi connectivity index (χ3v) is 3.92. The molecule has 0 amide bonds. The molecule has 0 saturated heterocycles. The number of aliphatic hydroxyl groups excluding tert-OH is 1. The van der Waals surface area contributed by atoms with Crippen molar-refractivity contribution in [3.63, 3.8) is 0 Å². The van der Waals surface area contributed by atoms with Crippen molar-refractivity contribution in [1.29, 1.82) is 5.26 Å².